The van der Waals surface area contributed by atoms with Gasteiger partial charge in [0.05, 0.1) is 5.75 Å². The Bertz CT molecular complexity index is 888. The number of hydrogen-bond acceptors (Lipinski definition) is 5. The molecule has 0 aromatic heterocycles. The van der Waals surface area contributed by atoms with Crippen LogP contribution in [0.25, 0.3) is 11.1 Å². The molecule has 30 heavy (non-hydrogen) atoms. The van der Waals surface area contributed by atoms with Crippen LogP contribution >= 0.6 is 11.8 Å². The number of alkyl carbamates (subject to hydrolysis) is 1. The number of hydrogen-bond donors (Lipinski definition) is 3. The van der Waals surface area contributed by atoms with Gasteiger partial charge in [-0.25, -0.2) is 4.79 Å². The van der Waals surface area contributed by atoms with Crippen molar-refractivity contribution in [2.45, 2.75) is 18.9 Å². The Morgan fingerprint density at radius 2 is 1.67 bits per heavy atom. The molecule has 2 amide bonds. The molecular formula is C22H24N2O5S. The maximum Gasteiger partial charge on any atom is 0.407 e. The van der Waals surface area contributed by atoms with Gasteiger partial charge in [0.25, 0.3) is 0 Å². The fraction of sp³-hybridized carbons (Fsp3) is 0.318. The van der Waals surface area contributed by atoms with Crippen molar-refractivity contribution in [3.63, 3.8) is 0 Å². The SMILES string of the molecule is CC(NC(=O)CSCCNC(=O)OCC1c2ccccc2-c2ccccc21)C(=O)O. The van der Waals surface area contributed by atoms with Gasteiger partial charge < -0.3 is 20.5 Å². The molecule has 1 aliphatic rings. The monoisotopic (exact) mass is 428 g/mol. The third-order valence-electron chi connectivity index (χ3n) is 4.84. The minimum atomic E-state index is -1.08. The first-order chi connectivity index (χ1) is 14.5. The molecule has 0 fully saturated rings. The van der Waals surface area contributed by atoms with E-state index < -0.39 is 18.1 Å². The summed E-state index contributed by atoms with van der Waals surface area (Å²) in [4.78, 5) is 34.3. The van der Waals surface area contributed by atoms with Crippen molar-refractivity contribution in [2.24, 2.45) is 0 Å². The van der Waals surface area contributed by atoms with Crippen molar-refractivity contribution in [2.75, 3.05) is 24.7 Å². The Kier molecular flexibility index (Phi) is 7.35. The number of carbonyl (C=O) groups excluding carboxylic acids is 2. The number of carboxylic acids is 1. The van der Waals surface area contributed by atoms with Gasteiger partial charge in [-0.3, -0.25) is 9.59 Å². The predicted molar refractivity (Wildman–Crippen MR) is 116 cm³/mol. The Morgan fingerprint density at radius 1 is 1.07 bits per heavy atom. The molecule has 8 heteroatoms. The second-order valence-corrected chi connectivity index (χ2v) is 8.04. The molecular weight excluding hydrogens is 404 g/mol. The van der Waals surface area contributed by atoms with Gasteiger partial charge >= 0.3 is 12.1 Å². The van der Waals surface area contributed by atoms with Crippen LogP contribution in [0.5, 0.6) is 0 Å². The van der Waals surface area contributed by atoms with E-state index in [-0.39, 0.29) is 24.2 Å². The summed E-state index contributed by atoms with van der Waals surface area (Å²) in [6, 6.07) is 15.4. The minimum absolute atomic E-state index is 0.0115. The van der Waals surface area contributed by atoms with Crippen molar-refractivity contribution in [3.05, 3.63) is 59.7 Å². The second kappa shape index (κ2) is 10.2. The van der Waals surface area contributed by atoms with Gasteiger partial charge in [0.2, 0.25) is 5.91 Å². The molecule has 3 N–H and O–H groups in total. The zero-order valence-electron chi connectivity index (χ0n) is 16.6. The van der Waals surface area contributed by atoms with Crippen molar-refractivity contribution < 1.29 is 24.2 Å². The van der Waals surface area contributed by atoms with Crippen LogP contribution in [0.1, 0.15) is 24.0 Å². The van der Waals surface area contributed by atoms with E-state index in [4.69, 9.17) is 9.84 Å². The third-order valence-corrected chi connectivity index (χ3v) is 5.80. The van der Waals surface area contributed by atoms with E-state index in [9.17, 15) is 14.4 Å². The van der Waals surface area contributed by atoms with Crippen LogP contribution < -0.4 is 10.6 Å². The average Bonchev–Trinajstić information content (AvgIpc) is 3.05. The predicted octanol–water partition coefficient (Wildman–Crippen LogP) is 2.85. The Morgan fingerprint density at radius 3 is 2.27 bits per heavy atom. The van der Waals surface area contributed by atoms with Crippen LogP contribution in [0.4, 0.5) is 4.79 Å². The number of aliphatic carboxylic acids is 1. The molecule has 1 unspecified atom stereocenters. The molecule has 0 saturated carbocycles. The van der Waals surface area contributed by atoms with Crippen LogP contribution in [0.15, 0.2) is 48.5 Å². The zero-order valence-corrected chi connectivity index (χ0v) is 17.4. The Balaban J connectivity index is 1.40. The van der Waals surface area contributed by atoms with E-state index in [1.54, 1.807) is 0 Å². The normalized spacial score (nSPS) is 13.1. The third kappa shape index (κ3) is 5.33. The smallest absolute Gasteiger partial charge is 0.407 e. The summed E-state index contributed by atoms with van der Waals surface area (Å²) in [7, 11) is 0. The van der Waals surface area contributed by atoms with Gasteiger partial charge in [0.1, 0.15) is 12.6 Å². The highest BCUT2D eigenvalue weighted by molar-refractivity contribution is 7.99. The number of carbonyl (C=O) groups is 3. The first kappa shape index (κ1) is 21.7. The van der Waals surface area contributed by atoms with Crippen molar-refractivity contribution in [1.82, 2.24) is 10.6 Å². The first-order valence-corrected chi connectivity index (χ1v) is 10.8. The lowest BCUT2D eigenvalue weighted by molar-refractivity contribution is -0.140. The lowest BCUT2D eigenvalue weighted by Crippen LogP contribution is -2.39. The number of ether oxygens (including phenoxy) is 1. The van der Waals surface area contributed by atoms with E-state index in [2.05, 4.69) is 34.9 Å². The molecule has 1 atom stereocenters. The van der Waals surface area contributed by atoms with Crippen LogP contribution in [0, 0.1) is 0 Å². The van der Waals surface area contributed by atoms with Crippen molar-refractivity contribution in [1.29, 1.82) is 0 Å². The molecule has 0 saturated heterocycles. The molecule has 0 bridgehead atoms. The quantitative estimate of drug-likeness (QED) is 0.531. The molecule has 7 nitrogen and oxygen atoms in total. The van der Waals surface area contributed by atoms with Crippen LogP contribution in [0.2, 0.25) is 0 Å². The summed E-state index contributed by atoms with van der Waals surface area (Å²) in [6.07, 6.45) is -0.499. The molecule has 158 valence electrons. The summed E-state index contributed by atoms with van der Waals surface area (Å²) in [6.45, 7) is 2.01. The number of amides is 2. The number of fused-ring (bicyclic) bond motifs is 3. The number of rotatable bonds is 9. The first-order valence-electron chi connectivity index (χ1n) is 9.66. The van der Waals surface area contributed by atoms with Crippen LogP contribution in [-0.2, 0) is 14.3 Å². The maximum atomic E-state index is 12.1. The van der Waals surface area contributed by atoms with Gasteiger partial charge in [-0.15, -0.1) is 0 Å². The molecule has 0 spiro atoms. The average molecular weight is 429 g/mol. The van der Waals surface area contributed by atoms with Gasteiger partial charge in [-0.05, 0) is 29.2 Å². The summed E-state index contributed by atoms with van der Waals surface area (Å²) in [5, 5.41) is 13.8. The summed E-state index contributed by atoms with van der Waals surface area (Å²) in [5.41, 5.74) is 4.66. The van der Waals surface area contributed by atoms with Crippen molar-refractivity contribution >= 4 is 29.7 Å². The van der Waals surface area contributed by atoms with Gasteiger partial charge in [-0.1, -0.05) is 48.5 Å². The number of benzene rings is 2. The second-order valence-electron chi connectivity index (χ2n) is 6.93. The fourth-order valence-corrected chi connectivity index (χ4v) is 4.04. The summed E-state index contributed by atoms with van der Waals surface area (Å²) >= 11 is 1.31. The number of nitrogens with one attached hydrogen (secondary N) is 2. The lowest BCUT2D eigenvalue weighted by Gasteiger charge is -2.14. The zero-order chi connectivity index (χ0) is 21.5. The van der Waals surface area contributed by atoms with E-state index in [0.29, 0.717) is 12.3 Å². The Hall–Kier alpha value is -3.00. The maximum absolute atomic E-state index is 12.1. The Labute approximate surface area is 179 Å². The van der Waals surface area contributed by atoms with Gasteiger partial charge in [0.15, 0.2) is 0 Å². The molecule has 2 aromatic rings. The molecule has 2 aromatic carbocycles. The largest absolute Gasteiger partial charge is 0.480 e. The summed E-state index contributed by atoms with van der Waals surface area (Å²) in [5.74, 6) is -0.776. The molecule has 0 heterocycles. The molecule has 0 aliphatic heterocycles. The van der Waals surface area contributed by atoms with E-state index in [1.165, 1.54) is 29.8 Å². The number of thioether (sulfide) groups is 1. The highest BCUT2D eigenvalue weighted by atomic mass is 32.2. The van der Waals surface area contributed by atoms with Crippen LogP contribution in [-0.4, -0.2) is 53.8 Å². The van der Waals surface area contributed by atoms with E-state index in [0.717, 1.165) is 11.1 Å². The highest BCUT2D eigenvalue weighted by Gasteiger charge is 2.28. The van der Waals surface area contributed by atoms with E-state index >= 15 is 0 Å². The van der Waals surface area contributed by atoms with Gasteiger partial charge in [0, 0.05) is 18.2 Å². The van der Waals surface area contributed by atoms with Crippen molar-refractivity contribution in [3.8, 4) is 11.1 Å². The van der Waals surface area contributed by atoms with Crippen LogP contribution in [0.3, 0.4) is 0 Å². The number of carboxylic acid groups (broad SMARTS) is 1. The lowest BCUT2D eigenvalue weighted by atomic mass is 9.98. The summed E-state index contributed by atoms with van der Waals surface area (Å²) < 4.78 is 5.44. The van der Waals surface area contributed by atoms with E-state index in [1.807, 2.05) is 24.3 Å². The molecule has 0 radical (unpaired) electrons. The highest BCUT2D eigenvalue weighted by Crippen LogP contribution is 2.44. The standard InChI is InChI=1S/C22H24N2O5S/c1-14(21(26)27)24-20(25)13-30-11-10-23-22(28)29-12-19-17-8-4-2-6-15(17)16-7-3-5-9-18(16)19/h2-9,14,19H,10-13H2,1H3,(H,23,28)(H,24,25)(H,26,27). The molecule has 3 rings (SSSR count). The fourth-order valence-electron chi connectivity index (χ4n) is 3.38. The topological polar surface area (TPSA) is 105 Å². The minimum Gasteiger partial charge on any atom is -0.480 e. The van der Waals surface area contributed by atoms with Gasteiger partial charge in [-0.2, -0.15) is 11.8 Å². The molecule has 1 aliphatic carbocycles.